The van der Waals surface area contributed by atoms with Crippen molar-refractivity contribution in [1.29, 1.82) is 0 Å². The standard InChI is InChI=1S/C24H26F2N2O4/c1-31-20-8-5-15(11-21(20)32-24(25)26)9-10-27-23(30)18-13-22(29)28(14-18)19-7-6-16-3-2-4-17(16)12-19/h5-8,11-12,18,24H,2-4,9-10,13-14H2,1H3,(H,27,30). The summed E-state index contributed by atoms with van der Waals surface area (Å²) in [5, 5.41) is 2.86. The maximum Gasteiger partial charge on any atom is 0.387 e. The van der Waals surface area contributed by atoms with E-state index in [9.17, 15) is 18.4 Å². The average molecular weight is 444 g/mol. The van der Waals surface area contributed by atoms with Crippen LogP contribution in [0, 0.1) is 5.92 Å². The quantitative estimate of drug-likeness (QED) is 0.677. The Morgan fingerprint density at radius 1 is 1.16 bits per heavy atom. The van der Waals surface area contributed by atoms with Crippen LogP contribution in [0.4, 0.5) is 14.5 Å². The number of benzene rings is 2. The van der Waals surface area contributed by atoms with Gasteiger partial charge in [0.2, 0.25) is 11.8 Å². The minimum Gasteiger partial charge on any atom is -0.493 e. The van der Waals surface area contributed by atoms with Crippen molar-refractivity contribution in [2.45, 2.75) is 38.7 Å². The molecule has 1 N–H and O–H groups in total. The lowest BCUT2D eigenvalue weighted by Crippen LogP contribution is -2.34. The second kappa shape index (κ2) is 9.54. The van der Waals surface area contributed by atoms with E-state index in [2.05, 4.69) is 22.2 Å². The second-order valence-corrected chi connectivity index (χ2v) is 8.12. The first-order valence-electron chi connectivity index (χ1n) is 10.8. The molecule has 1 heterocycles. The van der Waals surface area contributed by atoms with Gasteiger partial charge < -0.3 is 19.7 Å². The highest BCUT2D eigenvalue weighted by Gasteiger charge is 2.35. The Labute approximate surface area is 185 Å². The SMILES string of the molecule is COc1ccc(CCNC(=O)C2CC(=O)N(c3ccc4c(c3)CCC4)C2)cc1OC(F)F. The van der Waals surface area contributed by atoms with E-state index >= 15 is 0 Å². The molecule has 6 nitrogen and oxygen atoms in total. The van der Waals surface area contributed by atoms with Gasteiger partial charge in [-0.05, 0) is 66.6 Å². The highest BCUT2D eigenvalue weighted by Crippen LogP contribution is 2.31. The van der Waals surface area contributed by atoms with Gasteiger partial charge in [0, 0.05) is 25.2 Å². The number of hydrogen-bond acceptors (Lipinski definition) is 4. The van der Waals surface area contributed by atoms with Crippen molar-refractivity contribution in [3.8, 4) is 11.5 Å². The third kappa shape index (κ3) is 4.84. The van der Waals surface area contributed by atoms with Gasteiger partial charge in [-0.15, -0.1) is 0 Å². The van der Waals surface area contributed by atoms with Gasteiger partial charge in [-0.1, -0.05) is 12.1 Å². The number of hydrogen-bond donors (Lipinski definition) is 1. The summed E-state index contributed by atoms with van der Waals surface area (Å²) in [7, 11) is 1.38. The van der Waals surface area contributed by atoms with Crippen molar-refractivity contribution in [2.75, 3.05) is 25.1 Å². The van der Waals surface area contributed by atoms with E-state index in [1.165, 1.54) is 24.3 Å². The van der Waals surface area contributed by atoms with E-state index < -0.39 is 12.5 Å². The summed E-state index contributed by atoms with van der Waals surface area (Å²) >= 11 is 0. The molecule has 1 unspecified atom stereocenters. The van der Waals surface area contributed by atoms with Crippen LogP contribution in [-0.2, 0) is 28.9 Å². The minimum absolute atomic E-state index is 0.0438. The summed E-state index contributed by atoms with van der Waals surface area (Å²) in [6.45, 7) is -2.27. The summed E-state index contributed by atoms with van der Waals surface area (Å²) in [5.41, 5.74) is 4.22. The van der Waals surface area contributed by atoms with Gasteiger partial charge in [0.05, 0.1) is 13.0 Å². The van der Waals surface area contributed by atoms with E-state index in [0.717, 1.165) is 30.5 Å². The molecule has 4 rings (SSSR count). The Kier molecular flexibility index (Phi) is 6.58. The van der Waals surface area contributed by atoms with E-state index in [1.807, 2.05) is 6.07 Å². The van der Waals surface area contributed by atoms with Crippen molar-refractivity contribution >= 4 is 17.5 Å². The first-order valence-corrected chi connectivity index (χ1v) is 10.8. The molecule has 8 heteroatoms. The Bertz CT molecular complexity index is 1010. The third-order valence-electron chi connectivity index (χ3n) is 6.05. The number of carbonyl (C=O) groups excluding carboxylic acids is 2. The molecular formula is C24H26F2N2O4. The molecule has 32 heavy (non-hydrogen) atoms. The molecule has 0 bridgehead atoms. The zero-order valence-electron chi connectivity index (χ0n) is 17.9. The van der Waals surface area contributed by atoms with Gasteiger partial charge in [0.1, 0.15) is 0 Å². The molecule has 2 aliphatic rings. The summed E-state index contributed by atoms with van der Waals surface area (Å²) in [5.74, 6) is -0.470. The highest BCUT2D eigenvalue weighted by molar-refractivity contribution is 6.00. The number of carbonyl (C=O) groups is 2. The normalized spacial score (nSPS) is 17.6. The lowest BCUT2D eigenvalue weighted by molar-refractivity contribution is -0.126. The van der Waals surface area contributed by atoms with Crippen LogP contribution in [0.25, 0.3) is 0 Å². The van der Waals surface area contributed by atoms with Gasteiger partial charge in [0.15, 0.2) is 11.5 Å². The molecule has 170 valence electrons. The number of alkyl halides is 2. The number of fused-ring (bicyclic) bond motifs is 1. The van der Waals surface area contributed by atoms with E-state index in [0.29, 0.717) is 19.5 Å². The second-order valence-electron chi connectivity index (χ2n) is 8.12. The van der Waals surface area contributed by atoms with Crippen molar-refractivity contribution in [3.63, 3.8) is 0 Å². The lowest BCUT2D eigenvalue weighted by atomic mass is 10.1. The van der Waals surface area contributed by atoms with Crippen LogP contribution in [0.1, 0.15) is 29.5 Å². The predicted molar refractivity (Wildman–Crippen MR) is 115 cm³/mol. The van der Waals surface area contributed by atoms with Crippen LogP contribution >= 0.6 is 0 Å². The molecule has 0 radical (unpaired) electrons. The maximum absolute atomic E-state index is 12.6. The van der Waals surface area contributed by atoms with Gasteiger partial charge in [-0.25, -0.2) is 0 Å². The molecule has 1 saturated heterocycles. The Morgan fingerprint density at radius 3 is 2.75 bits per heavy atom. The summed E-state index contributed by atoms with van der Waals surface area (Å²) in [6.07, 6.45) is 3.87. The van der Waals surface area contributed by atoms with Crippen LogP contribution in [0.3, 0.4) is 0 Å². The molecule has 2 amide bonds. The van der Waals surface area contributed by atoms with E-state index in [-0.39, 0.29) is 29.7 Å². The smallest absolute Gasteiger partial charge is 0.387 e. The third-order valence-corrected chi connectivity index (χ3v) is 6.05. The van der Waals surface area contributed by atoms with Crippen LogP contribution in [0.5, 0.6) is 11.5 Å². The number of ether oxygens (including phenoxy) is 2. The summed E-state index contributed by atoms with van der Waals surface area (Å²) in [6, 6.07) is 10.9. The number of amides is 2. The molecule has 2 aromatic rings. The molecule has 1 atom stereocenters. The molecule has 1 aliphatic carbocycles. The molecule has 1 fully saturated rings. The predicted octanol–water partition coefficient (Wildman–Crippen LogP) is 3.50. The summed E-state index contributed by atoms with van der Waals surface area (Å²) < 4.78 is 34.7. The fraction of sp³-hybridized carbons (Fsp3) is 0.417. The lowest BCUT2D eigenvalue weighted by Gasteiger charge is -2.18. The summed E-state index contributed by atoms with van der Waals surface area (Å²) in [4.78, 5) is 26.8. The van der Waals surface area contributed by atoms with E-state index in [4.69, 9.17) is 4.74 Å². The number of rotatable bonds is 8. The Hall–Kier alpha value is -3.16. The highest BCUT2D eigenvalue weighted by atomic mass is 19.3. The van der Waals surface area contributed by atoms with Crippen LogP contribution in [0.15, 0.2) is 36.4 Å². The average Bonchev–Trinajstić information content (AvgIpc) is 3.39. The van der Waals surface area contributed by atoms with Gasteiger partial charge in [-0.3, -0.25) is 9.59 Å². The van der Waals surface area contributed by atoms with Gasteiger partial charge in [0.25, 0.3) is 0 Å². The van der Waals surface area contributed by atoms with Gasteiger partial charge in [-0.2, -0.15) is 8.78 Å². The fourth-order valence-electron chi connectivity index (χ4n) is 4.40. The van der Waals surface area contributed by atoms with Crippen LogP contribution < -0.4 is 19.7 Å². The van der Waals surface area contributed by atoms with Gasteiger partial charge >= 0.3 is 6.61 Å². The van der Waals surface area contributed by atoms with Crippen molar-refractivity contribution in [3.05, 3.63) is 53.1 Å². The molecule has 2 aromatic carbocycles. The van der Waals surface area contributed by atoms with Crippen molar-refractivity contribution < 1.29 is 27.8 Å². The number of halogens is 2. The molecule has 0 spiro atoms. The van der Waals surface area contributed by atoms with Crippen molar-refractivity contribution in [1.82, 2.24) is 5.32 Å². The Balaban J connectivity index is 1.32. The number of nitrogens with zero attached hydrogens (tertiary/aromatic N) is 1. The molecule has 0 saturated carbocycles. The van der Waals surface area contributed by atoms with Crippen LogP contribution in [0.2, 0.25) is 0 Å². The number of anilines is 1. The number of aryl methyl sites for hydroxylation is 2. The minimum atomic E-state index is -2.95. The molecule has 0 aromatic heterocycles. The zero-order chi connectivity index (χ0) is 22.7. The monoisotopic (exact) mass is 444 g/mol. The maximum atomic E-state index is 12.6. The topological polar surface area (TPSA) is 67.9 Å². The largest absolute Gasteiger partial charge is 0.493 e. The number of nitrogens with one attached hydrogen (secondary N) is 1. The number of methoxy groups -OCH3 is 1. The fourth-order valence-corrected chi connectivity index (χ4v) is 4.40. The Morgan fingerprint density at radius 2 is 1.97 bits per heavy atom. The molecular weight excluding hydrogens is 418 g/mol. The van der Waals surface area contributed by atoms with Crippen LogP contribution in [-0.4, -0.2) is 38.6 Å². The first kappa shape index (κ1) is 22.0. The first-order chi connectivity index (χ1) is 15.4. The van der Waals surface area contributed by atoms with Crippen molar-refractivity contribution in [2.24, 2.45) is 5.92 Å². The zero-order valence-corrected chi connectivity index (χ0v) is 17.9. The molecule has 1 aliphatic heterocycles. The van der Waals surface area contributed by atoms with E-state index in [1.54, 1.807) is 17.0 Å².